The lowest BCUT2D eigenvalue weighted by Crippen LogP contribution is -2.54. The zero-order chi connectivity index (χ0) is 12.5. The molecule has 3 N–H and O–H groups in total. The van der Waals surface area contributed by atoms with E-state index in [1.54, 1.807) is 0 Å². The number of hydrogen-bond donors (Lipinski definition) is 2. The van der Waals surface area contributed by atoms with Crippen LogP contribution in [0.1, 0.15) is 37.5 Å². The highest BCUT2D eigenvalue weighted by Crippen LogP contribution is 2.42. The van der Waals surface area contributed by atoms with E-state index in [0.717, 1.165) is 5.82 Å². The molecular weight excluding hydrogens is 214 g/mol. The second-order valence-corrected chi connectivity index (χ2v) is 5.20. The van der Waals surface area contributed by atoms with E-state index in [9.17, 15) is 0 Å². The van der Waals surface area contributed by atoms with E-state index in [1.165, 1.54) is 25.7 Å². The SMILES string of the molecule is CN(C)C1(C(NN)c2nccn2C)CCCC1. The van der Waals surface area contributed by atoms with E-state index in [4.69, 9.17) is 5.84 Å². The van der Waals surface area contributed by atoms with E-state index >= 15 is 0 Å². The van der Waals surface area contributed by atoms with Crippen molar-refractivity contribution in [1.82, 2.24) is 19.9 Å². The van der Waals surface area contributed by atoms with Gasteiger partial charge in [-0.2, -0.15) is 0 Å². The minimum Gasteiger partial charge on any atom is -0.337 e. The Hall–Kier alpha value is -0.910. The van der Waals surface area contributed by atoms with Crippen LogP contribution >= 0.6 is 0 Å². The maximum absolute atomic E-state index is 5.81. The molecule has 0 radical (unpaired) electrons. The third-order valence-corrected chi connectivity index (χ3v) is 4.18. The Morgan fingerprint density at radius 1 is 1.47 bits per heavy atom. The quantitative estimate of drug-likeness (QED) is 0.601. The van der Waals surface area contributed by atoms with E-state index in [1.807, 2.05) is 24.0 Å². The van der Waals surface area contributed by atoms with Crippen LogP contribution in [0.4, 0.5) is 0 Å². The van der Waals surface area contributed by atoms with Crippen molar-refractivity contribution < 1.29 is 0 Å². The number of nitrogens with zero attached hydrogens (tertiary/aromatic N) is 3. The van der Waals surface area contributed by atoms with Crippen LogP contribution in [0.15, 0.2) is 12.4 Å². The maximum Gasteiger partial charge on any atom is 0.128 e. The van der Waals surface area contributed by atoms with Crippen LogP contribution in [0.25, 0.3) is 0 Å². The monoisotopic (exact) mass is 237 g/mol. The molecule has 5 heteroatoms. The summed E-state index contributed by atoms with van der Waals surface area (Å²) in [5.41, 5.74) is 3.08. The van der Waals surface area contributed by atoms with E-state index < -0.39 is 0 Å². The summed E-state index contributed by atoms with van der Waals surface area (Å²) in [6.07, 6.45) is 8.67. The summed E-state index contributed by atoms with van der Waals surface area (Å²) in [4.78, 5) is 6.76. The molecule has 2 rings (SSSR count). The largest absolute Gasteiger partial charge is 0.337 e. The summed E-state index contributed by atoms with van der Waals surface area (Å²) in [5.74, 6) is 6.82. The van der Waals surface area contributed by atoms with Gasteiger partial charge in [0.25, 0.3) is 0 Å². The molecule has 1 fully saturated rings. The minimum absolute atomic E-state index is 0.0833. The number of likely N-dealkylation sites (N-methyl/N-ethyl adjacent to an activating group) is 1. The van der Waals surface area contributed by atoms with Crippen molar-refractivity contribution >= 4 is 0 Å². The summed E-state index contributed by atoms with van der Waals surface area (Å²) in [7, 11) is 6.29. The maximum atomic E-state index is 5.81. The van der Waals surface area contributed by atoms with Crippen LogP contribution in [-0.4, -0.2) is 34.1 Å². The molecule has 96 valence electrons. The Bertz CT molecular complexity index is 365. The van der Waals surface area contributed by atoms with Gasteiger partial charge in [0.15, 0.2) is 0 Å². The van der Waals surface area contributed by atoms with Gasteiger partial charge in [0.05, 0.1) is 6.04 Å². The zero-order valence-electron chi connectivity index (χ0n) is 11.0. The fourth-order valence-corrected chi connectivity index (χ4v) is 3.11. The smallest absolute Gasteiger partial charge is 0.128 e. The molecule has 1 aliphatic rings. The molecule has 1 unspecified atom stereocenters. The molecule has 17 heavy (non-hydrogen) atoms. The van der Waals surface area contributed by atoms with Crippen molar-refractivity contribution in [1.29, 1.82) is 0 Å². The molecule has 0 aliphatic heterocycles. The van der Waals surface area contributed by atoms with Gasteiger partial charge in [-0.05, 0) is 26.9 Å². The Balaban J connectivity index is 2.37. The highest BCUT2D eigenvalue weighted by molar-refractivity contribution is 5.11. The number of rotatable bonds is 4. The molecule has 0 amide bonds. The van der Waals surface area contributed by atoms with Gasteiger partial charge in [0.2, 0.25) is 0 Å². The van der Waals surface area contributed by atoms with Crippen molar-refractivity contribution in [3.05, 3.63) is 18.2 Å². The van der Waals surface area contributed by atoms with Gasteiger partial charge in [0, 0.05) is 25.0 Å². The number of aromatic nitrogens is 2. The van der Waals surface area contributed by atoms with E-state index in [2.05, 4.69) is 29.4 Å². The van der Waals surface area contributed by atoms with Crippen molar-refractivity contribution in [2.45, 2.75) is 37.3 Å². The lowest BCUT2D eigenvalue weighted by molar-refractivity contribution is 0.0990. The Labute approximate surface area is 103 Å². The summed E-state index contributed by atoms with van der Waals surface area (Å²) in [6, 6.07) is 0.0833. The standard InChI is InChI=1S/C12H23N5/c1-16(2)12(6-4-5-7-12)10(15-13)11-14-8-9-17(11)3/h8-10,15H,4-7,13H2,1-3H3. The number of hydrogen-bond acceptors (Lipinski definition) is 4. The second-order valence-electron chi connectivity index (χ2n) is 5.20. The van der Waals surface area contributed by atoms with Crippen LogP contribution in [0.5, 0.6) is 0 Å². The van der Waals surface area contributed by atoms with Crippen molar-refractivity contribution in [3.8, 4) is 0 Å². The van der Waals surface area contributed by atoms with Crippen LogP contribution in [0.2, 0.25) is 0 Å². The molecule has 1 atom stereocenters. The Kier molecular flexibility index (Phi) is 3.51. The Morgan fingerprint density at radius 2 is 2.12 bits per heavy atom. The molecule has 0 aromatic carbocycles. The summed E-state index contributed by atoms with van der Waals surface area (Å²) in [6.45, 7) is 0. The average Bonchev–Trinajstić information content (AvgIpc) is 2.91. The van der Waals surface area contributed by atoms with Gasteiger partial charge < -0.3 is 9.47 Å². The molecule has 1 heterocycles. The average molecular weight is 237 g/mol. The topological polar surface area (TPSA) is 59.1 Å². The first-order valence-electron chi connectivity index (χ1n) is 6.22. The first-order chi connectivity index (χ1) is 8.12. The zero-order valence-corrected chi connectivity index (χ0v) is 11.0. The summed E-state index contributed by atoms with van der Waals surface area (Å²) in [5, 5.41) is 0. The van der Waals surface area contributed by atoms with E-state index in [-0.39, 0.29) is 11.6 Å². The summed E-state index contributed by atoms with van der Waals surface area (Å²) < 4.78 is 2.05. The van der Waals surface area contributed by atoms with Crippen LogP contribution in [-0.2, 0) is 7.05 Å². The van der Waals surface area contributed by atoms with E-state index in [0.29, 0.717) is 0 Å². The highest BCUT2D eigenvalue weighted by Gasteiger charge is 2.45. The normalized spacial score (nSPS) is 21.0. The van der Waals surface area contributed by atoms with Crippen LogP contribution in [0, 0.1) is 0 Å². The number of hydrazine groups is 1. The lowest BCUT2D eigenvalue weighted by atomic mass is 9.86. The molecule has 1 saturated carbocycles. The highest BCUT2D eigenvalue weighted by atomic mass is 15.3. The van der Waals surface area contributed by atoms with Crippen LogP contribution < -0.4 is 11.3 Å². The van der Waals surface area contributed by atoms with Crippen LogP contribution in [0.3, 0.4) is 0 Å². The number of nitrogens with one attached hydrogen (secondary N) is 1. The second kappa shape index (κ2) is 4.76. The fourth-order valence-electron chi connectivity index (χ4n) is 3.11. The summed E-state index contributed by atoms with van der Waals surface area (Å²) >= 11 is 0. The first-order valence-corrected chi connectivity index (χ1v) is 6.22. The Morgan fingerprint density at radius 3 is 2.53 bits per heavy atom. The molecule has 1 aliphatic carbocycles. The predicted molar refractivity (Wildman–Crippen MR) is 68.2 cm³/mol. The number of aryl methyl sites for hydroxylation is 1. The van der Waals surface area contributed by atoms with Gasteiger partial charge >= 0.3 is 0 Å². The van der Waals surface area contributed by atoms with Crippen molar-refractivity contribution in [3.63, 3.8) is 0 Å². The van der Waals surface area contributed by atoms with Gasteiger partial charge in [-0.1, -0.05) is 12.8 Å². The number of imidazole rings is 1. The van der Waals surface area contributed by atoms with Gasteiger partial charge in [0.1, 0.15) is 5.82 Å². The van der Waals surface area contributed by atoms with Crippen molar-refractivity contribution in [2.75, 3.05) is 14.1 Å². The predicted octanol–water partition coefficient (Wildman–Crippen LogP) is 0.799. The lowest BCUT2D eigenvalue weighted by Gasteiger charge is -2.42. The third kappa shape index (κ3) is 1.99. The van der Waals surface area contributed by atoms with Gasteiger partial charge in [-0.3, -0.25) is 5.84 Å². The molecule has 5 nitrogen and oxygen atoms in total. The molecular formula is C12H23N5. The number of nitrogens with two attached hydrogens (primary N) is 1. The van der Waals surface area contributed by atoms with Gasteiger partial charge in [-0.15, -0.1) is 0 Å². The molecule has 0 saturated heterocycles. The molecule has 1 aromatic heterocycles. The van der Waals surface area contributed by atoms with Crippen molar-refractivity contribution in [2.24, 2.45) is 12.9 Å². The molecule has 0 spiro atoms. The first kappa shape index (κ1) is 12.5. The molecule has 0 bridgehead atoms. The fraction of sp³-hybridized carbons (Fsp3) is 0.750. The van der Waals surface area contributed by atoms with Gasteiger partial charge in [-0.25, -0.2) is 10.4 Å². The minimum atomic E-state index is 0.0833. The third-order valence-electron chi connectivity index (χ3n) is 4.18. The molecule has 1 aromatic rings.